The van der Waals surface area contributed by atoms with E-state index in [-0.39, 0.29) is 36.5 Å². The topological polar surface area (TPSA) is 52.6 Å². The van der Waals surface area contributed by atoms with E-state index >= 15 is 0 Å². The Labute approximate surface area is 156 Å². The Morgan fingerprint density at radius 3 is 2.48 bits per heavy atom. The molecule has 1 unspecified atom stereocenters. The van der Waals surface area contributed by atoms with Crippen LogP contribution in [0.4, 0.5) is 0 Å². The SMILES string of the molecule is Cl.O=C(c1cccc(CC2CCNCC2)c1)N1[C@@H]2CC[C@H]1CC(O)C2. The molecule has 3 aliphatic rings. The summed E-state index contributed by atoms with van der Waals surface area (Å²) in [7, 11) is 0. The molecule has 4 rings (SSSR count). The van der Waals surface area contributed by atoms with Crippen LogP contribution in [-0.2, 0) is 6.42 Å². The van der Waals surface area contributed by atoms with Gasteiger partial charge in [0.15, 0.2) is 0 Å². The van der Waals surface area contributed by atoms with Gasteiger partial charge in [0.25, 0.3) is 5.91 Å². The second kappa shape index (κ2) is 8.07. The summed E-state index contributed by atoms with van der Waals surface area (Å²) >= 11 is 0. The number of fused-ring (bicyclic) bond motifs is 2. The second-order valence-electron chi connectivity index (χ2n) is 7.82. The molecular weight excluding hydrogens is 336 g/mol. The summed E-state index contributed by atoms with van der Waals surface area (Å²) in [6.45, 7) is 2.23. The summed E-state index contributed by atoms with van der Waals surface area (Å²) in [5, 5.41) is 13.4. The van der Waals surface area contributed by atoms with Crippen LogP contribution >= 0.6 is 12.4 Å². The number of carbonyl (C=O) groups is 1. The molecule has 2 N–H and O–H groups in total. The van der Waals surface area contributed by atoms with Crippen molar-refractivity contribution in [3.05, 3.63) is 35.4 Å². The van der Waals surface area contributed by atoms with Crippen LogP contribution in [0.15, 0.2) is 24.3 Å². The molecule has 3 saturated heterocycles. The molecule has 138 valence electrons. The van der Waals surface area contributed by atoms with Crippen LogP contribution in [0.1, 0.15) is 54.4 Å². The lowest BCUT2D eigenvalue weighted by molar-refractivity contribution is 0.0287. The number of aliphatic hydroxyl groups is 1. The highest BCUT2D eigenvalue weighted by Gasteiger charge is 2.42. The van der Waals surface area contributed by atoms with Gasteiger partial charge in [0.1, 0.15) is 0 Å². The molecule has 0 spiro atoms. The predicted octanol–water partition coefficient (Wildman–Crippen LogP) is 2.78. The Bertz CT molecular complexity index is 589. The van der Waals surface area contributed by atoms with Crippen molar-refractivity contribution in [2.75, 3.05) is 13.1 Å². The van der Waals surface area contributed by atoms with E-state index in [0.717, 1.165) is 56.7 Å². The van der Waals surface area contributed by atoms with Gasteiger partial charge >= 0.3 is 0 Å². The van der Waals surface area contributed by atoms with Crippen LogP contribution in [0.3, 0.4) is 0 Å². The lowest BCUT2D eigenvalue weighted by atomic mass is 9.90. The van der Waals surface area contributed by atoms with Crippen molar-refractivity contribution in [3.63, 3.8) is 0 Å². The Kier molecular flexibility index (Phi) is 6.03. The fourth-order valence-electron chi connectivity index (χ4n) is 4.88. The number of benzene rings is 1. The summed E-state index contributed by atoms with van der Waals surface area (Å²) < 4.78 is 0. The number of rotatable bonds is 3. The summed E-state index contributed by atoms with van der Waals surface area (Å²) in [5.74, 6) is 0.902. The highest BCUT2D eigenvalue weighted by atomic mass is 35.5. The van der Waals surface area contributed by atoms with Crippen molar-refractivity contribution in [1.29, 1.82) is 0 Å². The van der Waals surface area contributed by atoms with Gasteiger partial charge in [0.05, 0.1) is 6.10 Å². The molecule has 2 bridgehead atoms. The summed E-state index contributed by atoms with van der Waals surface area (Å²) in [6.07, 6.45) is 6.89. The van der Waals surface area contributed by atoms with Crippen molar-refractivity contribution in [3.8, 4) is 0 Å². The average molecular weight is 365 g/mol. The Balaban J connectivity index is 0.00000182. The van der Waals surface area contributed by atoms with Gasteiger partial charge in [-0.3, -0.25) is 4.79 Å². The summed E-state index contributed by atoms with van der Waals surface area (Å²) in [4.78, 5) is 15.1. The monoisotopic (exact) mass is 364 g/mol. The van der Waals surface area contributed by atoms with Gasteiger partial charge in [-0.15, -0.1) is 12.4 Å². The van der Waals surface area contributed by atoms with E-state index in [9.17, 15) is 9.90 Å². The van der Waals surface area contributed by atoms with E-state index in [4.69, 9.17) is 0 Å². The third-order valence-electron chi connectivity index (χ3n) is 6.10. The molecule has 0 saturated carbocycles. The first kappa shape index (κ1) is 18.7. The van der Waals surface area contributed by atoms with Crippen LogP contribution in [-0.4, -0.2) is 47.2 Å². The van der Waals surface area contributed by atoms with Crippen molar-refractivity contribution in [1.82, 2.24) is 10.2 Å². The Hall–Kier alpha value is -1.10. The van der Waals surface area contributed by atoms with E-state index in [0.29, 0.717) is 0 Å². The van der Waals surface area contributed by atoms with E-state index in [1.54, 1.807) is 0 Å². The molecule has 25 heavy (non-hydrogen) atoms. The van der Waals surface area contributed by atoms with Crippen LogP contribution in [0.2, 0.25) is 0 Å². The Morgan fingerprint density at radius 1 is 1.12 bits per heavy atom. The molecular formula is C20H29ClN2O2. The average Bonchev–Trinajstić information content (AvgIpc) is 2.87. The predicted molar refractivity (Wildman–Crippen MR) is 101 cm³/mol. The quantitative estimate of drug-likeness (QED) is 0.867. The van der Waals surface area contributed by atoms with Crippen LogP contribution in [0.25, 0.3) is 0 Å². The molecule has 3 fully saturated rings. The lowest BCUT2D eigenvalue weighted by Crippen LogP contribution is -2.48. The molecule has 3 heterocycles. The molecule has 0 aliphatic carbocycles. The minimum absolute atomic E-state index is 0. The maximum atomic E-state index is 13.0. The van der Waals surface area contributed by atoms with E-state index < -0.39 is 0 Å². The van der Waals surface area contributed by atoms with Gasteiger partial charge in [-0.2, -0.15) is 0 Å². The normalized spacial score (nSPS) is 29.3. The lowest BCUT2D eigenvalue weighted by Gasteiger charge is -2.37. The summed E-state index contributed by atoms with van der Waals surface area (Å²) in [6, 6.07) is 8.73. The highest BCUT2D eigenvalue weighted by Crippen LogP contribution is 2.36. The minimum atomic E-state index is -0.224. The van der Waals surface area contributed by atoms with Crippen LogP contribution in [0.5, 0.6) is 0 Å². The van der Waals surface area contributed by atoms with E-state index in [2.05, 4.69) is 22.3 Å². The number of piperidine rings is 2. The zero-order valence-corrected chi connectivity index (χ0v) is 15.5. The minimum Gasteiger partial charge on any atom is -0.393 e. The zero-order valence-electron chi connectivity index (χ0n) is 14.7. The number of amides is 1. The molecule has 4 nitrogen and oxygen atoms in total. The third kappa shape index (κ3) is 4.02. The van der Waals surface area contributed by atoms with Gasteiger partial charge in [-0.1, -0.05) is 12.1 Å². The standard InChI is InChI=1S/C20H28N2O2.ClH/c23-19-12-17-4-5-18(13-19)22(17)20(24)16-3-1-2-15(11-16)10-14-6-8-21-9-7-14;/h1-3,11,14,17-19,21,23H,4-10,12-13H2;1H/t17-,18+,19?;. The van der Waals surface area contributed by atoms with Gasteiger partial charge < -0.3 is 15.3 Å². The Morgan fingerprint density at radius 2 is 1.80 bits per heavy atom. The molecule has 1 aromatic rings. The second-order valence-corrected chi connectivity index (χ2v) is 7.82. The van der Waals surface area contributed by atoms with Crippen molar-refractivity contribution < 1.29 is 9.90 Å². The maximum Gasteiger partial charge on any atom is 0.254 e. The first-order valence-electron chi connectivity index (χ1n) is 9.51. The molecule has 1 amide bonds. The number of hydrogen-bond donors (Lipinski definition) is 2. The maximum absolute atomic E-state index is 13.0. The van der Waals surface area contributed by atoms with Gasteiger partial charge in [-0.05, 0) is 81.6 Å². The molecule has 3 aliphatic heterocycles. The zero-order chi connectivity index (χ0) is 16.5. The largest absolute Gasteiger partial charge is 0.393 e. The number of nitrogens with zero attached hydrogens (tertiary/aromatic N) is 1. The van der Waals surface area contributed by atoms with Crippen LogP contribution in [0, 0.1) is 5.92 Å². The van der Waals surface area contributed by atoms with Crippen LogP contribution < -0.4 is 5.32 Å². The molecule has 1 aromatic carbocycles. The fourth-order valence-corrected chi connectivity index (χ4v) is 4.88. The smallest absolute Gasteiger partial charge is 0.254 e. The highest BCUT2D eigenvalue weighted by molar-refractivity contribution is 5.95. The molecule has 5 heteroatoms. The molecule has 0 radical (unpaired) electrons. The van der Waals surface area contributed by atoms with E-state index in [1.165, 1.54) is 18.4 Å². The van der Waals surface area contributed by atoms with Gasteiger partial charge in [0, 0.05) is 17.6 Å². The van der Waals surface area contributed by atoms with Crippen molar-refractivity contribution in [2.45, 2.75) is 63.1 Å². The number of nitrogens with one attached hydrogen (secondary N) is 1. The number of aliphatic hydroxyl groups excluding tert-OH is 1. The number of carbonyl (C=O) groups excluding carboxylic acids is 1. The van der Waals surface area contributed by atoms with Crippen molar-refractivity contribution in [2.24, 2.45) is 5.92 Å². The van der Waals surface area contributed by atoms with Gasteiger partial charge in [-0.25, -0.2) is 0 Å². The summed E-state index contributed by atoms with van der Waals surface area (Å²) in [5.41, 5.74) is 2.12. The first-order chi connectivity index (χ1) is 11.7. The van der Waals surface area contributed by atoms with Crippen molar-refractivity contribution >= 4 is 18.3 Å². The van der Waals surface area contributed by atoms with Gasteiger partial charge in [0.2, 0.25) is 0 Å². The van der Waals surface area contributed by atoms with E-state index in [1.807, 2.05) is 12.1 Å². The first-order valence-corrected chi connectivity index (χ1v) is 9.51. The molecule has 0 aromatic heterocycles. The fraction of sp³-hybridized carbons (Fsp3) is 0.650. The molecule has 3 atom stereocenters. The third-order valence-corrected chi connectivity index (χ3v) is 6.10. The number of halogens is 1. The number of hydrogen-bond acceptors (Lipinski definition) is 3.